The lowest BCUT2D eigenvalue weighted by atomic mass is 9.50. The molecule has 0 heterocycles. The Hall–Kier alpha value is -0.830. The van der Waals surface area contributed by atoms with E-state index < -0.39 is 27.9 Å². The minimum absolute atomic E-state index is 0.119. The maximum absolute atomic E-state index is 12.1. The van der Waals surface area contributed by atoms with Gasteiger partial charge in [-0.2, -0.15) is 13.2 Å². The summed E-state index contributed by atoms with van der Waals surface area (Å²) in [6.45, 7) is 0.251. The maximum atomic E-state index is 12.1. The van der Waals surface area contributed by atoms with Gasteiger partial charge in [-0.05, 0) is 61.7 Å². The summed E-state index contributed by atoms with van der Waals surface area (Å²) in [6, 6.07) is 0. The Balaban J connectivity index is 1.45. The summed E-state index contributed by atoms with van der Waals surface area (Å²) in [5.41, 5.74) is 0.119. The molecule has 0 radical (unpaired) electrons. The number of amides is 1. The number of rotatable bonds is 6. The fourth-order valence-electron chi connectivity index (χ4n) is 5.17. The zero-order valence-electron chi connectivity index (χ0n) is 13.3. The Morgan fingerprint density at radius 2 is 1.58 bits per heavy atom. The average Bonchev–Trinajstić information content (AvgIpc) is 2.40. The van der Waals surface area contributed by atoms with Crippen LogP contribution in [0.3, 0.4) is 0 Å². The number of ether oxygens (including phenoxy) is 1. The molecule has 0 saturated heterocycles. The molecule has 0 spiro atoms. The number of alkyl halides is 3. The first-order valence-electron chi connectivity index (χ1n) is 8.26. The van der Waals surface area contributed by atoms with Crippen molar-refractivity contribution in [1.82, 2.24) is 4.72 Å². The minimum Gasteiger partial charge on any atom is -0.380 e. The highest BCUT2D eigenvalue weighted by Gasteiger charge is 2.50. The lowest BCUT2D eigenvalue weighted by Gasteiger charge is -2.56. The first-order chi connectivity index (χ1) is 11.1. The first kappa shape index (κ1) is 18.0. The van der Waals surface area contributed by atoms with Gasteiger partial charge in [0.05, 0.1) is 19.0 Å². The van der Waals surface area contributed by atoms with Gasteiger partial charge in [-0.3, -0.25) is 4.79 Å². The Morgan fingerprint density at radius 1 is 1.08 bits per heavy atom. The molecular formula is C15H22F3NO4S. The molecule has 5 nitrogen and oxygen atoms in total. The number of sulfonamides is 1. The van der Waals surface area contributed by atoms with Crippen molar-refractivity contribution in [2.75, 3.05) is 19.0 Å². The average molecular weight is 369 g/mol. The van der Waals surface area contributed by atoms with E-state index in [0.717, 1.165) is 41.7 Å². The summed E-state index contributed by atoms with van der Waals surface area (Å²) in [4.78, 5) is 10.7. The molecule has 4 fully saturated rings. The van der Waals surface area contributed by atoms with E-state index in [1.54, 1.807) is 0 Å². The number of hydrogen-bond donors (Lipinski definition) is 1. The van der Waals surface area contributed by atoms with Gasteiger partial charge >= 0.3 is 12.1 Å². The van der Waals surface area contributed by atoms with Crippen molar-refractivity contribution in [2.45, 2.75) is 44.7 Å². The fraction of sp³-hybridized carbons (Fsp3) is 0.933. The SMILES string of the molecule is O=C(NS(=O)(=O)CCOCC12CC3CC(CC(C3)C1)C2)C(F)(F)F. The minimum atomic E-state index is -5.22. The van der Waals surface area contributed by atoms with E-state index in [1.807, 2.05) is 0 Å². The summed E-state index contributed by atoms with van der Waals surface area (Å²) >= 11 is 0. The lowest BCUT2D eigenvalue weighted by Crippen LogP contribution is -2.48. The van der Waals surface area contributed by atoms with Crippen LogP contribution < -0.4 is 4.72 Å². The largest absolute Gasteiger partial charge is 0.472 e. The zero-order chi connectivity index (χ0) is 17.6. The second kappa shape index (κ2) is 6.16. The highest BCUT2D eigenvalue weighted by molar-refractivity contribution is 7.90. The normalized spacial score (nSPS) is 35.2. The van der Waals surface area contributed by atoms with E-state index in [2.05, 4.69) is 0 Å². The topological polar surface area (TPSA) is 72.5 Å². The van der Waals surface area contributed by atoms with Gasteiger partial charge in [-0.15, -0.1) is 0 Å². The summed E-state index contributed by atoms with van der Waals surface area (Å²) in [7, 11) is -4.34. The van der Waals surface area contributed by atoms with Crippen molar-refractivity contribution < 1.29 is 31.1 Å². The monoisotopic (exact) mass is 369 g/mol. The van der Waals surface area contributed by atoms with E-state index in [-0.39, 0.29) is 12.0 Å². The summed E-state index contributed by atoms with van der Waals surface area (Å²) in [5.74, 6) is -0.885. The zero-order valence-corrected chi connectivity index (χ0v) is 14.1. The second-order valence-corrected chi connectivity index (χ2v) is 9.56. The number of hydrogen-bond acceptors (Lipinski definition) is 4. The molecule has 0 aromatic heterocycles. The summed E-state index contributed by atoms with van der Waals surface area (Å²) in [6.07, 6.45) is 1.97. The molecule has 0 atom stereocenters. The van der Waals surface area contributed by atoms with E-state index in [1.165, 1.54) is 19.3 Å². The maximum Gasteiger partial charge on any atom is 0.472 e. The van der Waals surface area contributed by atoms with Crippen LogP contribution in [-0.4, -0.2) is 39.5 Å². The molecule has 4 saturated carbocycles. The quantitative estimate of drug-likeness (QED) is 0.729. The number of carbonyl (C=O) groups excluding carboxylic acids is 1. The molecule has 4 rings (SSSR count). The van der Waals surface area contributed by atoms with Crippen LogP contribution >= 0.6 is 0 Å². The third kappa shape index (κ3) is 4.04. The van der Waals surface area contributed by atoms with Crippen molar-refractivity contribution in [3.63, 3.8) is 0 Å². The predicted octanol–water partition coefficient (Wildman–Crippen LogP) is 2.23. The van der Waals surface area contributed by atoms with Gasteiger partial charge in [0.1, 0.15) is 0 Å². The van der Waals surface area contributed by atoms with Gasteiger partial charge in [-0.25, -0.2) is 13.1 Å². The lowest BCUT2D eigenvalue weighted by molar-refractivity contribution is -0.171. The molecule has 0 aliphatic heterocycles. The Morgan fingerprint density at radius 3 is 2.04 bits per heavy atom. The van der Waals surface area contributed by atoms with Crippen LogP contribution in [0.25, 0.3) is 0 Å². The van der Waals surface area contributed by atoms with E-state index in [9.17, 15) is 26.4 Å². The summed E-state index contributed by atoms with van der Waals surface area (Å²) in [5, 5.41) is 0. The van der Waals surface area contributed by atoms with Crippen molar-refractivity contribution in [3.8, 4) is 0 Å². The standard InChI is InChI=1S/C15H22F3NO4S/c16-15(17,18)13(20)19-24(21,22)2-1-23-9-14-6-10-3-11(7-14)5-12(4-10)8-14/h10-12H,1-9H2,(H,19,20). The molecule has 24 heavy (non-hydrogen) atoms. The molecule has 4 bridgehead atoms. The van der Waals surface area contributed by atoms with Crippen LogP contribution in [0.15, 0.2) is 0 Å². The molecule has 4 aliphatic carbocycles. The highest BCUT2D eigenvalue weighted by atomic mass is 32.2. The van der Waals surface area contributed by atoms with Crippen LogP contribution in [-0.2, 0) is 19.6 Å². The van der Waals surface area contributed by atoms with Gasteiger partial charge in [0, 0.05) is 0 Å². The Kier molecular flexibility index (Phi) is 4.61. The number of halogens is 3. The van der Waals surface area contributed by atoms with Gasteiger partial charge < -0.3 is 4.74 Å². The van der Waals surface area contributed by atoms with Gasteiger partial charge in [0.25, 0.3) is 0 Å². The van der Waals surface area contributed by atoms with Gasteiger partial charge in [-0.1, -0.05) is 0 Å². The van der Waals surface area contributed by atoms with Crippen LogP contribution in [0.1, 0.15) is 38.5 Å². The Labute approximate surface area is 139 Å². The molecule has 0 aromatic rings. The molecule has 0 aromatic carbocycles. The first-order valence-corrected chi connectivity index (χ1v) is 9.92. The van der Waals surface area contributed by atoms with E-state index in [4.69, 9.17) is 4.74 Å². The van der Waals surface area contributed by atoms with Crippen molar-refractivity contribution in [2.24, 2.45) is 23.2 Å². The van der Waals surface area contributed by atoms with E-state index in [0.29, 0.717) is 6.61 Å². The smallest absolute Gasteiger partial charge is 0.380 e. The number of carbonyl (C=O) groups is 1. The van der Waals surface area contributed by atoms with Gasteiger partial charge in [0.2, 0.25) is 10.0 Å². The molecule has 1 N–H and O–H groups in total. The van der Waals surface area contributed by atoms with Gasteiger partial charge in [0.15, 0.2) is 0 Å². The number of nitrogens with one attached hydrogen (secondary N) is 1. The molecule has 4 aliphatic rings. The molecule has 138 valence electrons. The molecule has 0 unspecified atom stereocenters. The Bertz CT molecular complexity index is 567. The fourth-order valence-corrected chi connectivity index (χ4v) is 6.01. The summed E-state index contributed by atoms with van der Waals surface area (Å²) < 4.78 is 65.8. The molecular weight excluding hydrogens is 347 g/mol. The van der Waals surface area contributed by atoms with Crippen LogP contribution in [0, 0.1) is 23.2 Å². The van der Waals surface area contributed by atoms with Crippen molar-refractivity contribution >= 4 is 15.9 Å². The van der Waals surface area contributed by atoms with Crippen LogP contribution in [0.4, 0.5) is 13.2 Å². The third-order valence-corrected chi connectivity index (χ3v) is 6.78. The van der Waals surface area contributed by atoms with Crippen molar-refractivity contribution in [3.05, 3.63) is 0 Å². The third-order valence-electron chi connectivity index (χ3n) is 5.58. The van der Waals surface area contributed by atoms with E-state index >= 15 is 0 Å². The van der Waals surface area contributed by atoms with Crippen molar-refractivity contribution in [1.29, 1.82) is 0 Å². The molecule has 9 heteroatoms. The van der Waals surface area contributed by atoms with Crippen LogP contribution in [0.2, 0.25) is 0 Å². The van der Waals surface area contributed by atoms with Crippen LogP contribution in [0.5, 0.6) is 0 Å². The predicted molar refractivity (Wildman–Crippen MR) is 79.4 cm³/mol. The molecule has 1 amide bonds. The highest BCUT2D eigenvalue weighted by Crippen LogP contribution is 2.59. The second-order valence-electron chi connectivity index (χ2n) is 7.72.